The maximum absolute atomic E-state index is 9.59. The van der Waals surface area contributed by atoms with Crippen LogP contribution in [0.15, 0.2) is 53.5 Å². The fourth-order valence-corrected chi connectivity index (χ4v) is 2.92. The lowest BCUT2D eigenvalue weighted by Crippen LogP contribution is -2.54. The molecule has 1 fully saturated rings. The molecule has 0 unspecified atom stereocenters. The summed E-state index contributed by atoms with van der Waals surface area (Å²) in [5.41, 5.74) is 1.94. The molecule has 1 saturated heterocycles. The number of guanidine groups is 1. The van der Waals surface area contributed by atoms with Gasteiger partial charge in [0.1, 0.15) is 11.5 Å². The predicted molar refractivity (Wildman–Crippen MR) is 111 cm³/mol. The second-order valence-electron chi connectivity index (χ2n) is 7.23. The molecule has 6 nitrogen and oxygen atoms in total. The molecule has 0 atom stereocenters. The zero-order chi connectivity index (χ0) is 19.8. The van der Waals surface area contributed by atoms with E-state index < -0.39 is 0 Å². The largest absolute Gasteiger partial charge is 0.457 e. The van der Waals surface area contributed by atoms with Crippen molar-refractivity contribution in [1.82, 2.24) is 10.6 Å². The highest BCUT2D eigenvalue weighted by atomic mass is 16.5. The topological polar surface area (TPSA) is 75.1 Å². The minimum Gasteiger partial charge on any atom is -0.457 e. The molecule has 2 aromatic carbocycles. The third-order valence-corrected chi connectivity index (χ3v) is 4.73. The minimum absolute atomic E-state index is 0.104. The molecule has 1 aliphatic heterocycles. The average molecular weight is 383 g/mol. The Morgan fingerprint density at radius 2 is 1.96 bits per heavy atom. The zero-order valence-corrected chi connectivity index (χ0v) is 16.6. The molecule has 28 heavy (non-hydrogen) atoms. The number of aliphatic imine (C=N–C) groups is 1. The normalized spacial score (nSPS) is 15.6. The van der Waals surface area contributed by atoms with Gasteiger partial charge < -0.3 is 25.2 Å². The van der Waals surface area contributed by atoms with Crippen molar-refractivity contribution in [2.24, 2.45) is 10.4 Å². The van der Waals surface area contributed by atoms with E-state index in [2.05, 4.69) is 22.8 Å². The van der Waals surface area contributed by atoms with Gasteiger partial charge in [-0.25, -0.2) is 4.99 Å². The summed E-state index contributed by atoms with van der Waals surface area (Å²) in [6.07, 6.45) is 0. The van der Waals surface area contributed by atoms with Gasteiger partial charge in [0.25, 0.3) is 0 Å². The third kappa shape index (κ3) is 5.24. The first-order valence-corrected chi connectivity index (χ1v) is 9.67. The summed E-state index contributed by atoms with van der Waals surface area (Å²) in [5, 5.41) is 16.2. The molecule has 0 spiro atoms. The number of para-hydroxylation sites is 1. The lowest BCUT2D eigenvalue weighted by molar-refractivity contribution is -0.132. The molecular formula is C22H29N3O3. The van der Waals surface area contributed by atoms with E-state index in [0.717, 1.165) is 29.2 Å². The van der Waals surface area contributed by atoms with Gasteiger partial charge >= 0.3 is 0 Å². The van der Waals surface area contributed by atoms with Crippen LogP contribution < -0.4 is 15.4 Å². The number of hydrogen-bond donors (Lipinski definition) is 3. The monoisotopic (exact) mass is 383 g/mol. The lowest BCUT2D eigenvalue weighted by atomic mass is 9.87. The molecule has 3 rings (SSSR count). The van der Waals surface area contributed by atoms with Crippen LogP contribution in [-0.4, -0.2) is 44.0 Å². The SMILES string of the molecule is CCNC(=NCc1ccc(C)cc1Oc1ccccc1)NCC1(CO)COC1. The molecule has 0 saturated carbocycles. The highest BCUT2D eigenvalue weighted by Gasteiger charge is 2.38. The van der Waals surface area contributed by atoms with Gasteiger partial charge in [-0.2, -0.15) is 0 Å². The highest BCUT2D eigenvalue weighted by Crippen LogP contribution is 2.27. The first-order valence-electron chi connectivity index (χ1n) is 9.67. The van der Waals surface area contributed by atoms with Gasteiger partial charge in [-0.3, -0.25) is 0 Å². The van der Waals surface area contributed by atoms with Gasteiger partial charge in [0, 0.05) is 18.7 Å². The molecule has 0 amide bonds. The minimum atomic E-state index is -0.207. The molecule has 0 aliphatic carbocycles. The van der Waals surface area contributed by atoms with Crippen LogP contribution in [0.5, 0.6) is 11.5 Å². The molecule has 3 N–H and O–H groups in total. The van der Waals surface area contributed by atoms with Crippen molar-refractivity contribution in [3.8, 4) is 11.5 Å². The number of benzene rings is 2. The van der Waals surface area contributed by atoms with E-state index in [9.17, 15) is 5.11 Å². The second kappa shape index (κ2) is 9.57. The van der Waals surface area contributed by atoms with E-state index in [1.165, 1.54) is 0 Å². The van der Waals surface area contributed by atoms with Gasteiger partial charge in [0.2, 0.25) is 0 Å². The Morgan fingerprint density at radius 3 is 2.61 bits per heavy atom. The van der Waals surface area contributed by atoms with E-state index in [4.69, 9.17) is 14.5 Å². The zero-order valence-electron chi connectivity index (χ0n) is 16.6. The highest BCUT2D eigenvalue weighted by molar-refractivity contribution is 5.79. The van der Waals surface area contributed by atoms with Gasteiger partial charge in [0.15, 0.2) is 5.96 Å². The van der Waals surface area contributed by atoms with E-state index in [0.29, 0.717) is 32.3 Å². The quantitative estimate of drug-likeness (QED) is 0.483. The number of aliphatic hydroxyl groups excluding tert-OH is 1. The summed E-state index contributed by atoms with van der Waals surface area (Å²) in [5.74, 6) is 2.33. The van der Waals surface area contributed by atoms with Gasteiger partial charge in [-0.05, 0) is 37.6 Å². The van der Waals surface area contributed by atoms with Crippen LogP contribution in [0.25, 0.3) is 0 Å². The Morgan fingerprint density at radius 1 is 1.18 bits per heavy atom. The number of aliphatic hydroxyl groups is 1. The summed E-state index contributed by atoms with van der Waals surface area (Å²) >= 11 is 0. The van der Waals surface area contributed by atoms with Crippen LogP contribution in [0.4, 0.5) is 0 Å². The summed E-state index contributed by atoms with van der Waals surface area (Å²) in [6.45, 7) is 7.19. The third-order valence-electron chi connectivity index (χ3n) is 4.73. The van der Waals surface area contributed by atoms with Gasteiger partial charge in [-0.1, -0.05) is 30.3 Å². The predicted octanol–water partition coefficient (Wildman–Crippen LogP) is 2.85. The molecule has 0 bridgehead atoms. The summed E-state index contributed by atoms with van der Waals surface area (Å²) < 4.78 is 11.3. The van der Waals surface area contributed by atoms with Gasteiger partial charge in [-0.15, -0.1) is 0 Å². The summed E-state index contributed by atoms with van der Waals surface area (Å²) in [4.78, 5) is 4.70. The molecule has 1 aliphatic rings. The summed E-state index contributed by atoms with van der Waals surface area (Å²) in [7, 11) is 0. The Balaban J connectivity index is 1.71. The molecule has 6 heteroatoms. The molecule has 150 valence electrons. The molecule has 2 aromatic rings. The standard InChI is InChI=1S/C22H29N3O3/c1-3-23-21(25-13-22(14-26)15-27-16-22)24-12-18-10-9-17(2)11-20(18)28-19-7-5-4-6-8-19/h4-11,26H,3,12-16H2,1-2H3,(H2,23,24,25). The molecule has 1 heterocycles. The van der Waals surface area contributed by atoms with Crippen LogP contribution >= 0.6 is 0 Å². The van der Waals surface area contributed by atoms with E-state index in [1.807, 2.05) is 50.2 Å². The fraction of sp³-hybridized carbons (Fsp3) is 0.409. The van der Waals surface area contributed by atoms with Crippen LogP contribution in [0, 0.1) is 12.3 Å². The maximum atomic E-state index is 9.59. The fourth-order valence-electron chi connectivity index (χ4n) is 2.92. The molecular weight excluding hydrogens is 354 g/mol. The van der Waals surface area contributed by atoms with Crippen LogP contribution in [0.3, 0.4) is 0 Å². The van der Waals surface area contributed by atoms with E-state index >= 15 is 0 Å². The number of ether oxygens (including phenoxy) is 2. The molecule has 0 radical (unpaired) electrons. The van der Waals surface area contributed by atoms with Crippen LogP contribution in [0.2, 0.25) is 0 Å². The number of rotatable bonds is 8. The number of aryl methyl sites for hydroxylation is 1. The first kappa shape index (κ1) is 20.2. The summed E-state index contributed by atoms with van der Waals surface area (Å²) in [6, 6.07) is 15.9. The van der Waals surface area contributed by atoms with Gasteiger partial charge in [0.05, 0.1) is 31.8 Å². The maximum Gasteiger partial charge on any atom is 0.191 e. The van der Waals surface area contributed by atoms with Crippen molar-refractivity contribution in [3.63, 3.8) is 0 Å². The van der Waals surface area contributed by atoms with Crippen molar-refractivity contribution in [2.45, 2.75) is 20.4 Å². The van der Waals surface area contributed by atoms with Crippen molar-refractivity contribution in [2.75, 3.05) is 32.9 Å². The Kier molecular flexibility index (Phi) is 6.90. The lowest BCUT2D eigenvalue weighted by Gasteiger charge is -2.40. The van der Waals surface area contributed by atoms with Crippen LogP contribution in [0.1, 0.15) is 18.1 Å². The smallest absolute Gasteiger partial charge is 0.191 e. The van der Waals surface area contributed by atoms with E-state index in [1.54, 1.807) is 0 Å². The number of nitrogens with one attached hydrogen (secondary N) is 2. The van der Waals surface area contributed by atoms with Crippen molar-refractivity contribution < 1.29 is 14.6 Å². The van der Waals surface area contributed by atoms with Crippen molar-refractivity contribution >= 4 is 5.96 Å². The van der Waals surface area contributed by atoms with Crippen LogP contribution in [-0.2, 0) is 11.3 Å². The number of hydrogen-bond acceptors (Lipinski definition) is 4. The molecule has 0 aromatic heterocycles. The Hall–Kier alpha value is -2.57. The average Bonchev–Trinajstić information content (AvgIpc) is 2.67. The first-order chi connectivity index (χ1) is 13.6. The van der Waals surface area contributed by atoms with E-state index in [-0.39, 0.29) is 12.0 Å². The van der Waals surface area contributed by atoms with Crippen molar-refractivity contribution in [1.29, 1.82) is 0 Å². The number of nitrogens with zero attached hydrogens (tertiary/aromatic N) is 1. The van der Waals surface area contributed by atoms with Crippen molar-refractivity contribution in [3.05, 3.63) is 59.7 Å². The Labute approximate surface area is 166 Å². The second-order valence-corrected chi connectivity index (χ2v) is 7.23. The Bertz CT molecular complexity index is 783.